The molecule has 0 amide bonds. The molecule has 0 unspecified atom stereocenters. The molecule has 0 bridgehead atoms. The molecule has 5 rings (SSSR count). The van der Waals surface area contributed by atoms with E-state index in [1.54, 1.807) is 24.5 Å². The van der Waals surface area contributed by atoms with Gasteiger partial charge in [0.15, 0.2) is 0 Å². The van der Waals surface area contributed by atoms with Crippen molar-refractivity contribution in [3.05, 3.63) is 65.9 Å². The molecule has 1 aliphatic heterocycles. The second-order valence-corrected chi connectivity index (χ2v) is 8.94. The number of nitrogens with zero attached hydrogens (tertiary/aromatic N) is 4. The predicted molar refractivity (Wildman–Crippen MR) is 133 cm³/mol. The Bertz CT molecular complexity index is 1430. The molecule has 0 aliphatic carbocycles. The van der Waals surface area contributed by atoms with Gasteiger partial charge in [-0.25, -0.2) is 4.39 Å². The summed E-state index contributed by atoms with van der Waals surface area (Å²) in [4.78, 5) is 11.3. The van der Waals surface area contributed by atoms with Gasteiger partial charge in [0.2, 0.25) is 0 Å². The van der Waals surface area contributed by atoms with E-state index in [-0.39, 0.29) is 17.8 Å². The van der Waals surface area contributed by atoms with Crippen molar-refractivity contribution in [2.24, 2.45) is 5.10 Å². The van der Waals surface area contributed by atoms with Gasteiger partial charge in [-0.2, -0.15) is 10.2 Å². The fraction of sp³-hybridized carbons (Fsp3) is 0.269. The average molecular weight is 476 g/mol. The highest BCUT2D eigenvalue weighted by Gasteiger charge is 2.44. The number of nitrogens with one attached hydrogen (secondary N) is 1. The van der Waals surface area contributed by atoms with Gasteiger partial charge < -0.3 is 14.4 Å². The van der Waals surface area contributed by atoms with Gasteiger partial charge in [0.05, 0.1) is 36.0 Å². The van der Waals surface area contributed by atoms with Crippen LogP contribution >= 0.6 is 0 Å². The zero-order valence-electron chi connectivity index (χ0n) is 19.6. The molecule has 1 saturated heterocycles. The maximum Gasteiger partial charge on any atom is 0.325 e. The Kier molecular flexibility index (Phi) is 5.64. The molecule has 1 fully saturated rings. The zero-order valence-corrected chi connectivity index (χ0v) is 19.6. The number of aliphatic carboxylic acids is 1. The van der Waals surface area contributed by atoms with Crippen LogP contribution in [-0.4, -0.2) is 45.4 Å². The van der Waals surface area contributed by atoms with Crippen molar-refractivity contribution in [3.63, 3.8) is 0 Å². The van der Waals surface area contributed by atoms with Gasteiger partial charge in [-0.05, 0) is 55.3 Å². The number of aromatic nitrogens is 3. The van der Waals surface area contributed by atoms with Crippen molar-refractivity contribution in [1.29, 1.82) is 0 Å². The van der Waals surface area contributed by atoms with Crippen molar-refractivity contribution >= 4 is 29.3 Å². The summed E-state index contributed by atoms with van der Waals surface area (Å²) in [5, 5.41) is 18.3. The molecule has 8 nitrogen and oxygen atoms in total. The van der Waals surface area contributed by atoms with E-state index in [2.05, 4.69) is 39.9 Å². The SMILES string of the molecule is C=NNc1cc2c(-c3cnn(CC(=O)O)c3)c(C3(CC)COC3)n(-c3ccc(F)cc3)c2cc1C. The molecule has 9 heteroatoms. The van der Waals surface area contributed by atoms with Crippen molar-refractivity contribution in [2.45, 2.75) is 32.2 Å². The van der Waals surface area contributed by atoms with Gasteiger partial charge in [-0.1, -0.05) is 6.92 Å². The molecule has 0 atom stereocenters. The molecule has 180 valence electrons. The molecule has 1 aliphatic rings. The van der Waals surface area contributed by atoms with Gasteiger partial charge in [0.1, 0.15) is 12.4 Å². The Morgan fingerprint density at radius 1 is 1.31 bits per heavy atom. The molecule has 0 radical (unpaired) electrons. The molecular weight excluding hydrogens is 449 g/mol. The summed E-state index contributed by atoms with van der Waals surface area (Å²) in [6, 6.07) is 10.5. The highest BCUT2D eigenvalue weighted by molar-refractivity contribution is 6.02. The summed E-state index contributed by atoms with van der Waals surface area (Å²) in [6.07, 6.45) is 4.28. The van der Waals surface area contributed by atoms with Gasteiger partial charge in [0, 0.05) is 40.8 Å². The van der Waals surface area contributed by atoms with E-state index in [9.17, 15) is 14.3 Å². The highest BCUT2D eigenvalue weighted by Crippen LogP contribution is 2.48. The van der Waals surface area contributed by atoms with E-state index in [1.165, 1.54) is 16.8 Å². The summed E-state index contributed by atoms with van der Waals surface area (Å²) in [5.74, 6) is -1.27. The number of anilines is 1. The Balaban J connectivity index is 1.89. The number of carboxylic acid groups (broad SMARTS) is 1. The maximum atomic E-state index is 13.9. The van der Waals surface area contributed by atoms with E-state index in [4.69, 9.17) is 4.74 Å². The van der Waals surface area contributed by atoms with Crippen LogP contribution in [0.1, 0.15) is 24.6 Å². The third kappa shape index (κ3) is 3.77. The molecular formula is C26H26FN5O3. The van der Waals surface area contributed by atoms with Crippen LogP contribution in [0, 0.1) is 12.7 Å². The van der Waals surface area contributed by atoms with Crippen LogP contribution in [0.3, 0.4) is 0 Å². The number of carbonyl (C=O) groups is 1. The lowest BCUT2D eigenvalue weighted by atomic mass is 9.77. The van der Waals surface area contributed by atoms with E-state index < -0.39 is 5.97 Å². The van der Waals surface area contributed by atoms with Crippen molar-refractivity contribution in [3.8, 4) is 16.8 Å². The van der Waals surface area contributed by atoms with Crippen LogP contribution in [0.4, 0.5) is 10.1 Å². The number of halogens is 1. The van der Waals surface area contributed by atoms with Gasteiger partial charge >= 0.3 is 5.97 Å². The molecule has 2 aromatic heterocycles. The minimum atomic E-state index is -0.967. The minimum absolute atomic E-state index is 0.236. The first-order valence-corrected chi connectivity index (χ1v) is 11.4. The topological polar surface area (TPSA) is 93.7 Å². The predicted octanol–water partition coefficient (Wildman–Crippen LogP) is 4.73. The minimum Gasteiger partial charge on any atom is -0.480 e. The van der Waals surface area contributed by atoms with Crippen LogP contribution in [0.25, 0.3) is 27.7 Å². The second-order valence-electron chi connectivity index (χ2n) is 8.94. The van der Waals surface area contributed by atoms with Gasteiger partial charge in [0.25, 0.3) is 0 Å². The normalized spacial score (nSPS) is 14.6. The first kappa shape index (κ1) is 22.8. The summed E-state index contributed by atoms with van der Waals surface area (Å²) in [5.41, 5.74) is 9.03. The van der Waals surface area contributed by atoms with Crippen molar-refractivity contribution in [2.75, 3.05) is 18.6 Å². The Morgan fingerprint density at radius 2 is 2.06 bits per heavy atom. The fourth-order valence-electron chi connectivity index (χ4n) is 4.87. The van der Waals surface area contributed by atoms with Crippen LogP contribution in [0.5, 0.6) is 0 Å². The van der Waals surface area contributed by atoms with Crippen LogP contribution < -0.4 is 5.43 Å². The molecule has 0 spiro atoms. The number of ether oxygens (including phenoxy) is 1. The van der Waals surface area contributed by atoms with E-state index in [0.29, 0.717) is 13.2 Å². The fourth-order valence-corrected chi connectivity index (χ4v) is 4.87. The van der Waals surface area contributed by atoms with Crippen molar-refractivity contribution < 1.29 is 19.0 Å². The van der Waals surface area contributed by atoms with E-state index in [0.717, 1.165) is 51.1 Å². The molecule has 0 saturated carbocycles. The number of aryl methyl sites for hydroxylation is 1. The smallest absolute Gasteiger partial charge is 0.325 e. The summed E-state index contributed by atoms with van der Waals surface area (Å²) < 4.78 is 23.2. The monoisotopic (exact) mass is 475 g/mol. The number of fused-ring (bicyclic) bond motifs is 1. The number of hydrogen-bond acceptors (Lipinski definition) is 5. The number of hydrazone groups is 1. The van der Waals surface area contributed by atoms with Crippen molar-refractivity contribution in [1.82, 2.24) is 14.3 Å². The van der Waals surface area contributed by atoms with Crippen LogP contribution in [0.2, 0.25) is 0 Å². The van der Waals surface area contributed by atoms with E-state index >= 15 is 0 Å². The Hall–Kier alpha value is -3.98. The Labute approximate surface area is 201 Å². The molecule has 2 N–H and O–H groups in total. The standard InChI is InChI=1S/C26H26FN5O3/c1-4-26(14-35-15-26)25-24(17-11-29-31(12-17)13-23(33)34)20-10-21(30-28-3)16(2)9-22(20)32(25)19-7-5-18(27)6-8-19/h5-12,30H,3-4,13-15H2,1-2H3,(H,33,34). The number of benzene rings is 2. The third-order valence-corrected chi connectivity index (χ3v) is 6.75. The van der Waals surface area contributed by atoms with Gasteiger partial charge in [-0.15, -0.1) is 0 Å². The lowest BCUT2D eigenvalue weighted by Crippen LogP contribution is -2.47. The Morgan fingerprint density at radius 3 is 2.66 bits per heavy atom. The number of rotatable bonds is 8. The molecule has 35 heavy (non-hydrogen) atoms. The van der Waals surface area contributed by atoms with E-state index in [1.807, 2.05) is 13.0 Å². The number of hydrogen-bond donors (Lipinski definition) is 2. The lowest BCUT2D eigenvalue weighted by molar-refractivity contribution is -0.137. The lowest BCUT2D eigenvalue weighted by Gasteiger charge is -2.42. The molecule has 2 aromatic carbocycles. The quantitative estimate of drug-likeness (QED) is 0.284. The molecule has 3 heterocycles. The first-order valence-electron chi connectivity index (χ1n) is 11.4. The largest absolute Gasteiger partial charge is 0.480 e. The maximum absolute atomic E-state index is 13.9. The average Bonchev–Trinajstić information content (AvgIpc) is 3.36. The van der Waals surface area contributed by atoms with Gasteiger partial charge in [-0.3, -0.25) is 14.9 Å². The zero-order chi connectivity index (χ0) is 24.7. The van der Waals surface area contributed by atoms with Crippen LogP contribution in [-0.2, 0) is 21.5 Å². The summed E-state index contributed by atoms with van der Waals surface area (Å²) in [6.45, 7) is 8.54. The summed E-state index contributed by atoms with van der Waals surface area (Å²) in [7, 11) is 0. The second kappa shape index (κ2) is 8.66. The highest BCUT2D eigenvalue weighted by atomic mass is 19.1. The first-order chi connectivity index (χ1) is 16.9. The molecule has 4 aromatic rings. The third-order valence-electron chi connectivity index (χ3n) is 6.75. The van der Waals surface area contributed by atoms with Crippen LogP contribution in [0.15, 0.2) is 53.9 Å². The number of carboxylic acids is 1. The summed E-state index contributed by atoms with van der Waals surface area (Å²) >= 11 is 0.